The molecule has 0 aromatic heterocycles. The molecular formula is C18H10F2N3O3S-. The van der Waals surface area contributed by atoms with Gasteiger partial charge in [-0.3, -0.25) is 9.16 Å². The smallest absolute Gasteiger partial charge is 0.197 e. The van der Waals surface area contributed by atoms with Crippen molar-refractivity contribution in [2.24, 2.45) is 4.36 Å². The van der Waals surface area contributed by atoms with Crippen LogP contribution >= 0.6 is 0 Å². The predicted octanol–water partition coefficient (Wildman–Crippen LogP) is 3.70. The Morgan fingerprint density at radius 1 is 1.30 bits per heavy atom. The summed E-state index contributed by atoms with van der Waals surface area (Å²) in [7, 11) is -1.88. The average Bonchev–Trinajstić information content (AvgIpc) is 2.92. The third-order valence-electron chi connectivity index (χ3n) is 3.92. The molecule has 0 aliphatic heterocycles. The van der Waals surface area contributed by atoms with Crippen LogP contribution in [-0.4, -0.2) is 12.0 Å². The molecule has 6 nitrogen and oxygen atoms in total. The van der Waals surface area contributed by atoms with Gasteiger partial charge in [0, 0.05) is 23.6 Å². The second-order valence-corrected chi connectivity index (χ2v) is 6.77. The topological polar surface area (TPSA) is 103 Å². The number of ether oxygens (including phenoxy) is 1. The van der Waals surface area contributed by atoms with Crippen LogP contribution in [0.5, 0.6) is 11.5 Å². The van der Waals surface area contributed by atoms with Gasteiger partial charge in [0.25, 0.3) is 0 Å². The van der Waals surface area contributed by atoms with Crippen LogP contribution in [0.1, 0.15) is 27.0 Å². The van der Waals surface area contributed by atoms with E-state index in [4.69, 9.17) is 15.3 Å². The molecule has 0 bridgehead atoms. The lowest BCUT2D eigenvalue weighted by atomic mass is 10.0. The maximum atomic E-state index is 14.0. The second-order valence-electron chi connectivity index (χ2n) is 5.66. The highest BCUT2D eigenvalue weighted by molar-refractivity contribution is 7.74. The summed E-state index contributed by atoms with van der Waals surface area (Å²) in [5.41, 5.74) is 0.642. The lowest BCUT2D eigenvalue weighted by Gasteiger charge is -2.14. The summed E-state index contributed by atoms with van der Waals surface area (Å²) < 4.78 is 48.1. The van der Waals surface area contributed by atoms with Crippen molar-refractivity contribution in [1.29, 1.82) is 10.5 Å². The van der Waals surface area contributed by atoms with E-state index < -0.39 is 28.4 Å². The molecule has 1 unspecified atom stereocenters. The molecule has 0 saturated heterocycles. The minimum atomic E-state index is -1.88. The number of hydrogen-bond acceptors (Lipinski definition) is 7. The average molecular weight is 386 g/mol. The van der Waals surface area contributed by atoms with Gasteiger partial charge in [-0.2, -0.15) is 21.1 Å². The number of carbonyl (C=O) groups is 1. The number of nitriles is 2. The molecule has 27 heavy (non-hydrogen) atoms. The lowest BCUT2D eigenvalue weighted by molar-refractivity contribution is 0.0898. The fraction of sp³-hybridized carbons (Fsp3) is 0.167. The van der Waals surface area contributed by atoms with E-state index in [1.165, 1.54) is 24.4 Å². The van der Waals surface area contributed by atoms with Gasteiger partial charge in [-0.1, -0.05) is 17.4 Å². The highest BCUT2D eigenvalue weighted by atomic mass is 32.2. The zero-order valence-corrected chi connectivity index (χ0v) is 14.4. The number of nitrogens with zero attached hydrogens (tertiary/aromatic N) is 3. The number of carbonyl (C=O) groups excluding carboxylic acids is 1. The number of benzene rings is 2. The first kappa shape index (κ1) is 18.5. The first-order valence-corrected chi connectivity index (χ1v) is 8.90. The van der Waals surface area contributed by atoms with E-state index in [1.807, 2.05) is 0 Å². The van der Waals surface area contributed by atoms with Crippen LogP contribution in [0.3, 0.4) is 0 Å². The molecule has 0 spiro atoms. The summed E-state index contributed by atoms with van der Waals surface area (Å²) in [6.45, 7) is 0. The fourth-order valence-electron chi connectivity index (χ4n) is 2.86. The van der Waals surface area contributed by atoms with Gasteiger partial charge in [0.15, 0.2) is 18.1 Å². The van der Waals surface area contributed by atoms with Gasteiger partial charge in [0.1, 0.15) is 17.3 Å². The molecule has 2 aromatic rings. The van der Waals surface area contributed by atoms with Crippen LogP contribution in [0.25, 0.3) is 0 Å². The fourth-order valence-corrected chi connectivity index (χ4v) is 3.52. The Balaban J connectivity index is 2.04. The third kappa shape index (κ3) is 3.78. The van der Waals surface area contributed by atoms with Crippen LogP contribution in [0.15, 0.2) is 34.7 Å². The van der Waals surface area contributed by atoms with Crippen molar-refractivity contribution < 1.29 is 22.5 Å². The van der Waals surface area contributed by atoms with Gasteiger partial charge in [-0.05, 0) is 18.2 Å². The maximum Gasteiger partial charge on any atom is 0.197 e. The summed E-state index contributed by atoms with van der Waals surface area (Å²) in [5, 5.41) is 17.4. The van der Waals surface area contributed by atoms with Crippen molar-refractivity contribution in [1.82, 2.24) is 0 Å². The van der Waals surface area contributed by atoms with Crippen molar-refractivity contribution in [2.75, 3.05) is 0 Å². The van der Waals surface area contributed by atoms with Crippen molar-refractivity contribution in [3.05, 3.63) is 58.4 Å². The number of ketones is 1. The van der Waals surface area contributed by atoms with E-state index in [0.29, 0.717) is 0 Å². The summed E-state index contributed by atoms with van der Waals surface area (Å²) in [5.74, 6) is -1.49. The minimum absolute atomic E-state index is 0.0271. The van der Waals surface area contributed by atoms with E-state index in [0.717, 1.165) is 12.1 Å². The van der Waals surface area contributed by atoms with Crippen LogP contribution < -0.4 is 4.74 Å². The summed E-state index contributed by atoms with van der Waals surface area (Å²) in [4.78, 5) is 12.2. The van der Waals surface area contributed by atoms with Gasteiger partial charge >= 0.3 is 0 Å². The number of halogens is 2. The molecule has 1 aliphatic rings. The summed E-state index contributed by atoms with van der Waals surface area (Å²) in [6, 6.07) is 8.08. The molecule has 1 aliphatic carbocycles. The molecule has 0 saturated carbocycles. The Hall–Kier alpha value is -3.30. The monoisotopic (exact) mass is 386 g/mol. The Morgan fingerprint density at radius 2 is 2.07 bits per heavy atom. The highest BCUT2D eigenvalue weighted by Crippen LogP contribution is 2.37. The molecule has 0 radical (unpaired) electrons. The van der Waals surface area contributed by atoms with Gasteiger partial charge in [0.05, 0.1) is 11.6 Å². The predicted molar refractivity (Wildman–Crippen MR) is 90.4 cm³/mol. The third-order valence-corrected chi connectivity index (χ3v) is 4.76. The SMILES string of the molecule is N#CN=[S-](=O)Cc1ccc(Oc2cc(F)cc(C#N)c2)c2c1C(=O)C(F)C2. The van der Waals surface area contributed by atoms with Crippen LogP contribution in [0.4, 0.5) is 8.78 Å². The Bertz CT molecular complexity index is 1110. The first-order valence-electron chi connectivity index (χ1n) is 7.63. The molecule has 136 valence electrons. The van der Waals surface area contributed by atoms with E-state index >= 15 is 0 Å². The minimum Gasteiger partial charge on any atom is -0.457 e. The largest absolute Gasteiger partial charge is 0.457 e. The lowest BCUT2D eigenvalue weighted by Crippen LogP contribution is -2.10. The van der Waals surface area contributed by atoms with E-state index in [1.54, 1.807) is 6.07 Å². The van der Waals surface area contributed by atoms with Crippen molar-refractivity contribution in [3.63, 3.8) is 0 Å². The van der Waals surface area contributed by atoms with Crippen LogP contribution in [-0.2, 0) is 27.0 Å². The van der Waals surface area contributed by atoms with Crippen molar-refractivity contribution in [2.45, 2.75) is 18.3 Å². The van der Waals surface area contributed by atoms with Crippen molar-refractivity contribution >= 4 is 16.4 Å². The quantitative estimate of drug-likeness (QED) is 0.589. The Kier molecular flexibility index (Phi) is 5.15. The molecule has 0 amide bonds. The number of Topliss-reactive ketones (excluding diaryl/α,β-unsaturated/α-hetero) is 1. The normalized spacial score (nSPS) is 16.4. The number of fused-ring (bicyclic) bond motifs is 1. The van der Waals surface area contributed by atoms with Crippen LogP contribution in [0.2, 0.25) is 0 Å². The summed E-state index contributed by atoms with van der Waals surface area (Å²) in [6.07, 6.45) is -0.593. The van der Waals surface area contributed by atoms with E-state index in [9.17, 15) is 17.8 Å². The molecule has 1 atom stereocenters. The van der Waals surface area contributed by atoms with E-state index in [2.05, 4.69) is 4.36 Å². The van der Waals surface area contributed by atoms with Gasteiger partial charge < -0.3 is 8.95 Å². The molecule has 0 heterocycles. The van der Waals surface area contributed by atoms with Gasteiger partial charge in [-0.25, -0.2) is 8.78 Å². The van der Waals surface area contributed by atoms with E-state index in [-0.39, 0.29) is 45.9 Å². The number of hydrogen-bond donors (Lipinski definition) is 0. The number of rotatable bonds is 4. The molecule has 2 aromatic carbocycles. The first-order chi connectivity index (χ1) is 12.9. The summed E-state index contributed by atoms with van der Waals surface area (Å²) >= 11 is 0. The molecular weight excluding hydrogens is 376 g/mol. The zero-order valence-electron chi connectivity index (χ0n) is 13.6. The Morgan fingerprint density at radius 3 is 2.78 bits per heavy atom. The van der Waals surface area contributed by atoms with Crippen LogP contribution in [0, 0.1) is 28.6 Å². The maximum absolute atomic E-state index is 14.0. The Labute approximate surface area is 154 Å². The van der Waals surface area contributed by atoms with Crippen molar-refractivity contribution in [3.8, 4) is 23.8 Å². The highest BCUT2D eigenvalue weighted by Gasteiger charge is 2.34. The standard InChI is InChI=1S/C18H10F2N3O3S/c19-12-3-10(7-21)4-13(5-12)26-16-2-1-11(8-27(25)23-9-22)17-14(16)6-15(20)18(17)24/h1-5,15H,6,8H2/q-1. The van der Waals surface area contributed by atoms with Gasteiger partial charge in [0.2, 0.25) is 0 Å². The van der Waals surface area contributed by atoms with Gasteiger partial charge in [-0.15, -0.1) is 0 Å². The molecule has 3 rings (SSSR count). The molecule has 0 N–H and O–H groups in total. The zero-order chi connectivity index (χ0) is 19.6. The molecule has 9 heteroatoms. The number of alkyl halides is 1. The second kappa shape index (κ2) is 7.52. The molecule has 0 fully saturated rings.